The van der Waals surface area contributed by atoms with Crippen molar-refractivity contribution in [3.63, 3.8) is 0 Å². The molecule has 0 heterocycles. The van der Waals surface area contributed by atoms with Crippen LogP contribution in [0.15, 0.2) is 18.2 Å². The molecule has 1 N–H and O–H groups in total. The van der Waals surface area contributed by atoms with Gasteiger partial charge in [0.1, 0.15) is 0 Å². The molecule has 0 amide bonds. The largest absolute Gasteiger partial charge is 0.416 e. The predicted molar refractivity (Wildman–Crippen MR) is 64.5 cm³/mol. The van der Waals surface area contributed by atoms with E-state index in [-0.39, 0.29) is 0 Å². The Hall–Kier alpha value is -0.900. The molecule has 0 fully saturated rings. The zero-order valence-electron chi connectivity index (χ0n) is 9.57. The number of unbranched alkanes of at least 4 members (excludes halogenated alkanes) is 2. The first-order valence-electron chi connectivity index (χ1n) is 5.55. The Balaban J connectivity index is 2.70. The summed E-state index contributed by atoms with van der Waals surface area (Å²) in [4.78, 5) is 0. The number of hydrogen-bond donors (Lipinski definition) is 1. The van der Waals surface area contributed by atoms with E-state index < -0.39 is 11.7 Å². The highest BCUT2D eigenvalue weighted by Gasteiger charge is 2.30. The predicted octanol–water partition coefficient (Wildman–Crippen LogP) is 4.96. The summed E-state index contributed by atoms with van der Waals surface area (Å²) in [6, 6.07) is 3.31. The molecule has 0 unspecified atom stereocenters. The van der Waals surface area contributed by atoms with E-state index in [2.05, 4.69) is 12.2 Å². The van der Waals surface area contributed by atoms with Crippen molar-refractivity contribution >= 4 is 17.3 Å². The highest BCUT2D eigenvalue weighted by atomic mass is 35.5. The van der Waals surface area contributed by atoms with Crippen LogP contribution in [-0.4, -0.2) is 6.54 Å². The van der Waals surface area contributed by atoms with E-state index in [0.717, 1.165) is 31.4 Å². The van der Waals surface area contributed by atoms with Crippen molar-refractivity contribution in [1.82, 2.24) is 0 Å². The van der Waals surface area contributed by atoms with Crippen LogP contribution in [0.3, 0.4) is 0 Å². The minimum atomic E-state index is -4.33. The molecule has 5 heteroatoms. The summed E-state index contributed by atoms with van der Waals surface area (Å²) >= 11 is 5.83. The van der Waals surface area contributed by atoms with Crippen molar-refractivity contribution in [2.75, 3.05) is 11.9 Å². The van der Waals surface area contributed by atoms with Crippen molar-refractivity contribution in [2.24, 2.45) is 0 Å². The monoisotopic (exact) mass is 265 g/mol. The number of nitrogens with one attached hydrogen (secondary N) is 1. The van der Waals surface area contributed by atoms with Gasteiger partial charge in [-0.1, -0.05) is 31.4 Å². The lowest BCUT2D eigenvalue weighted by Gasteiger charge is -2.12. The molecule has 1 nitrogen and oxygen atoms in total. The van der Waals surface area contributed by atoms with Crippen LogP contribution in [0, 0.1) is 0 Å². The fourth-order valence-corrected chi connectivity index (χ4v) is 1.62. The molecule has 0 atom stereocenters. The fourth-order valence-electron chi connectivity index (χ4n) is 1.44. The topological polar surface area (TPSA) is 12.0 Å². The number of rotatable bonds is 5. The first-order valence-corrected chi connectivity index (χ1v) is 5.93. The number of halogens is 4. The zero-order chi connectivity index (χ0) is 12.9. The van der Waals surface area contributed by atoms with Crippen LogP contribution in [0.1, 0.15) is 31.7 Å². The average Bonchev–Trinajstić information content (AvgIpc) is 2.25. The minimum Gasteiger partial charge on any atom is -0.384 e. The molecule has 0 aliphatic carbocycles. The van der Waals surface area contributed by atoms with Gasteiger partial charge in [-0.25, -0.2) is 0 Å². The maximum atomic E-state index is 12.5. The molecular formula is C12H15ClF3N. The highest BCUT2D eigenvalue weighted by molar-refractivity contribution is 6.33. The Morgan fingerprint density at radius 3 is 2.53 bits per heavy atom. The molecule has 0 aliphatic rings. The molecule has 0 aliphatic heterocycles. The van der Waals surface area contributed by atoms with Gasteiger partial charge in [0.05, 0.1) is 16.3 Å². The van der Waals surface area contributed by atoms with Crippen molar-refractivity contribution < 1.29 is 13.2 Å². The molecule has 1 aromatic rings. The molecule has 17 heavy (non-hydrogen) atoms. The second kappa shape index (κ2) is 6.15. The first kappa shape index (κ1) is 14.2. The standard InChI is InChI=1S/C12H15ClF3N/c1-2-3-4-7-17-11-8-9(12(14,15)16)5-6-10(11)13/h5-6,8,17H,2-4,7H2,1H3. The summed E-state index contributed by atoms with van der Waals surface area (Å²) in [5.41, 5.74) is -0.336. The van der Waals surface area contributed by atoms with Crippen LogP contribution < -0.4 is 5.32 Å². The van der Waals surface area contributed by atoms with E-state index in [0.29, 0.717) is 17.3 Å². The third-order valence-electron chi connectivity index (χ3n) is 2.39. The summed E-state index contributed by atoms with van der Waals surface area (Å²) in [7, 11) is 0. The number of hydrogen-bond acceptors (Lipinski definition) is 1. The van der Waals surface area contributed by atoms with Crippen LogP contribution >= 0.6 is 11.6 Å². The molecule has 0 saturated heterocycles. The van der Waals surface area contributed by atoms with E-state index in [1.807, 2.05) is 0 Å². The molecule has 0 bridgehead atoms. The smallest absolute Gasteiger partial charge is 0.384 e. The van der Waals surface area contributed by atoms with E-state index in [4.69, 9.17) is 11.6 Å². The van der Waals surface area contributed by atoms with Gasteiger partial charge in [-0.2, -0.15) is 13.2 Å². The van der Waals surface area contributed by atoms with E-state index in [1.54, 1.807) is 0 Å². The lowest BCUT2D eigenvalue weighted by atomic mass is 10.2. The van der Waals surface area contributed by atoms with Crippen LogP contribution in [0.5, 0.6) is 0 Å². The lowest BCUT2D eigenvalue weighted by Crippen LogP contribution is -2.07. The Labute approximate surface area is 104 Å². The minimum absolute atomic E-state index is 0.314. The van der Waals surface area contributed by atoms with E-state index >= 15 is 0 Å². The molecule has 1 aromatic carbocycles. The molecule has 96 valence electrons. The third kappa shape index (κ3) is 4.46. The molecule has 0 saturated carbocycles. The molecule has 0 spiro atoms. The van der Waals surface area contributed by atoms with Gasteiger partial charge in [0.15, 0.2) is 0 Å². The summed E-state index contributed by atoms with van der Waals surface area (Å²) in [6.07, 6.45) is -1.30. The van der Waals surface area contributed by atoms with Gasteiger partial charge in [-0.3, -0.25) is 0 Å². The normalized spacial score (nSPS) is 11.6. The second-order valence-corrected chi connectivity index (χ2v) is 4.23. The number of alkyl halides is 3. The summed E-state index contributed by atoms with van der Waals surface area (Å²) in [6.45, 7) is 2.70. The van der Waals surface area contributed by atoms with Gasteiger partial charge in [0, 0.05) is 6.54 Å². The van der Waals surface area contributed by atoms with Crippen LogP contribution in [0.2, 0.25) is 5.02 Å². The van der Waals surface area contributed by atoms with Crippen LogP contribution in [0.25, 0.3) is 0 Å². The quantitative estimate of drug-likeness (QED) is 0.742. The van der Waals surface area contributed by atoms with Crippen molar-refractivity contribution in [1.29, 1.82) is 0 Å². The van der Waals surface area contributed by atoms with Crippen LogP contribution in [0.4, 0.5) is 18.9 Å². The maximum absolute atomic E-state index is 12.5. The second-order valence-electron chi connectivity index (χ2n) is 3.83. The molecular weight excluding hydrogens is 251 g/mol. The summed E-state index contributed by atoms with van der Waals surface area (Å²) < 4.78 is 37.4. The molecule has 1 rings (SSSR count). The third-order valence-corrected chi connectivity index (χ3v) is 2.72. The zero-order valence-corrected chi connectivity index (χ0v) is 10.3. The molecule has 0 aromatic heterocycles. The van der Waals surface area contributed by atoms with E-state index in [9.17, 15) is 13.2 Å². The summed E-state index contributed by atoms with van der Waals surface area (Å²) in [5, 5.41) is 3.24. The van der Waals surface area contributed by atoms with Crippen molar-refractivity contribution in [3.05, 3.63) is 28.8 Å². The first-order chi connectivity index (χ1) is 7.95. The van der Waals surface area contributed by atoms with Gasteiger partial charge in [0.25, 0.3) is 0 Å². The van der Waals surface area contributed by atoms with Gasteiger partial charge >= 0.3 is 6.18 Å². The van der Waals surface area contributed by atoms with Crippen molar-refractivity contribution in [3.8, 4) is 0 Å². The van der Waals surface area contributed by atoms with Gasteiger partial charge < -0.3 is 5.32 Å². The number of benzene rings is 1. The van der Waals surface area contributed by atoms with Gasteiger partial charge in [-0.05, 0) is 24.6 Å². The Morgan fingerprint density at radius 1 is 1.24 bits per heavy atom. The molecule has 0 radical (unpaired) electrons. The van der Waals surface area contributed by atoms with Gasteiger partial charge in [0.2, 0.25) is 0 Å². The van der Waals surface area contributed by atoms with Crippen molar-refractivity contribution in [2.45, 2.75) is 32.4 Å². The van der Waals surface area contributed by atoms with Gasteiger partial charge in [-0.15, -0.1) is 0 Å². The highest BCUT2D eigenvalue weighted by Crippen LogP contribution is 2.33. The summed E-state index contributed by atoms with van der Waals surface area (Å²) in [5.74, 6) is 0. The SMILES string of the molecule is CCCCCNc1cc(C(F)(F)F)ccc1Cl. The van der Waals surface area contributed by atoms with E-state index in [1.165, 1.54) is 6.07 Å². The fraction of sp³-hybridized carbons (Fsp3) is 0.500. The average molecular weight is 266 g/mol. The Kier molecular flexibility index (Phi) is 5.12. The maximum Gasteiger partial charge on any atom is 0.416 e. The Morgan fingerprint density at radius 2 is 1.94 bits per heavy atom. The Bertz CT molecular complexity index is 363. The lowest BCUT2D eigenvalue weighted by molar-refractivity contribution is -0.137. The van der Waals surface area contributed by atoms with Crippen LogP contribution in [-0.2, 0) is 6.18 Å². The number of anilines is 1.